The highest BCUT2D eigenvalue weighted by atomic mass is 16.5. The largest absolute Gasteiger partial charge is 0.493 e. The molecule has 1 aromatic carbocycles. The lowest BCUT2D eigenvalue weighted by Gasteiger charge is -2.29. The highest BCUT2D eigenvalue weighted by Crippen LogP contribution is 2.31. The summed E-state index contributed by atoms with van der Waals surface area (Å²) in [5.74, 6) is 2.74. The summed E-state index contributed by atoms with van der Waals surface area (Å²) in [6.07, 6.45) is 1.98. The van der Waals surface area contributed by atoms with Gasteiger partial charge in [-0.15, -0.1) is 0 Å². The maximum absolute atomic E-state index is 12.6. The lowest BCUT2D eigenvalue weighted by molar-refractivity contribution is -0.134. The molecule has 154 valence electrons. The van der Waals surface area contributed by atoms with E-state index in [4.69, 9.17) is 14.0 Å². The second kappa shape index (κ2) is 10.1. The number of nitrogens with zero attached hydrogens (tertiary/aromatic N) is 3. The quantitative estimate of drug-likeness (QED) is 0.612. The van der Waals surface area contributed by atoms with Crippen LogP contribution in [0.15, 0.2) is 22.7 Å². The molecule has 1 amide bonds. The van der Waals surface area contributed by atoms with Crippen molar-refractivity contribution in [3.63, 3.8) is 0 Å². The van der Waals surface area contributed by atoms with E-state index in [0.717, 1.165) is 12.0 Å². The molecule has 1 atom stereocenters. The Morgan fingerprint density at radius 3 is 2.50 bits per heavy atom. The van der Waals surface area contributed by atoms with Gasteiger partial charge in [-0.1, -0.05) is 25.9 Å². The van der Waals surface area contributed by atoms with Crippen molar-refractivity contribution in [1.29, 1.82) is 0 Å². The van der Waals surface area contributed by atoms with Crippen LogP contribution in [0.2, 0.25) is 0 Å². The van der Waals surface area contributed by atoms with E-state index >= 15 is 0 Å². The molecule has 0 N–H and O–H groups in total. The van der Waals surface area contributed by atoms with E-state index in [-0.39, 0.29) is 11.9 Å². The zero-order valence-corrected chi connectivity index (χ0v) is 17.7. The molecular formula is C21H31N3O4. The van der Waals surface area contributed by atoms with Gasteiger partial charge in [0.05, 0.1) is 14.2 Å². The number of rotatable bonds is 10. The molecule has 0 saturated heterocycles. The van der Waals surface area contributed by atoms with Crippen LogP contribution in [0.1, 0.15) is 46.4 Å². The van der Waals surface area contributed by atoms with Crippen molar-refractivity contribution in [3.05, 3.63) is 24.1 Å². The molecule has 0 aliphatic heterocycles. The van der Waals surface area contributed by atoms with Crippen LogP contribution in [-0.4, -0.2) is 47.8 Å². The summed E-state index contributed by atoms with van der Waals surface area (Å²) in [6, 6.07) is 5.65. The Kier molecular flexibility index (Phi) is 7.84. The number of aromatic nitrogens is 2. The third-order valence-electron chi connectivity index (χ3n) is 4.70. The standard InChI is InChI=1S/C21H31N3O4/c1-7-15(4)24(20(25)12-14(2)3)11-10-19-22-21(23-28-19)16-8-9-17(26-5)18(13-16)27-6/h8-9,13-15H,7,10-12H2,1-6H3. The first-order chi connectivity index (χ1) is 13.4. The van der Waals surface area contributed by atoms with Gasteiger partial charge in [-0.05, 0) is 37.5 Å². The van der Waals surface area contributed by atoms with Crippen LogP contribution >= 0.6 is 0 Å². The van der Waals surface area contributed by atoms with Gasteiger partial charge in [0.15, 0.2) is 11.5 Å². The topological polar surface area (TPSA) is 77.7 Å². The smallest absolute Gasteiger partial charge is 0.228 e. The molecule has 0 fully saturated rings. The number of ether oxygens (including phenoxy) is 2. The summed E-state index contributed by atoms with van der Waals surface area (Å²) in [7, 11) is 3.18. The molecule has 1 heterocycles. The zero-order chi connectivity index (χ0) is 20.7. The van der Waals surface area contributed by atoms with Gasteiger partial charge in [-0.2, -0.15) is 4.98 Å². The van der Waals surface area contributed by atoms with Gasteiger partial charge in [0, 0.05) is 31.0 Å². The Labute approximate surface area is 167 Å². The molecule has 7 heteroatoms. The second-order valence-electron chi connectivity index (χ2n) is 7.27. The Hall–Kier alpha value is -2.57. The summed E-state index contributed by atoms with van der Waals surface area (Å²) in [6.45, 7) is 8.83. The molecule has 0 saturated carbocycles. The number of carbonyl (C=O) groups excluding carboxylic acids is 1. The first-order valence-corrected chi connectivity index (χ1v) is 9.74. The molecule has 0 radical (unpaired) electrons. The fourth-order valence-electron chi connectivity index (χ4n) is 2.94. The van der Waals surface area contributed by atoms with Crippen LogP contribution < -0.4 is 9.47 Å². The predicted octanol–water partition coefficient (Wildman–Crippen LogP) is 3.97. The fourth-order valence-corrected chi connectivity index (χ4v) is 2.94. The number of carbonyl (C=O) groups is 1. The van der Waals surface area contributed by atoms with Crippen molar-refractivity contribution >= 4 is 5.91 Å². The third kappa shape index (κ3) is 5.47. The molecule has 7 nitrogen and oxygen atoms in total. The van der Waals surface area contributed by atoms with E-state index in [2.05, 4.69) is 37.8 Å². The lowest BCUT2D eigenvalue weighted by atomic mass is 10.1. The fraction of sp³-hybridized carbons (Fsp3) is 0.571. The number of benzene rings is 1. The zero-order valence-electron chi connectivity index (χ0n) is 17.7. The number of methoxy groups -OCH3 is 2. The predicted molar refractivity (Wildman–Crippen MR) is 107 cm³/mol. The molecule has 0 bridgehead atoms. The summed E-state index contributed by atoms with van der Waals surface area (Å²) in [5.41, 5.74) is 0.780. The molecule has 0 aliphatic rings. The molecule has 28 heavy (non-hydrogen) atoms. The highest BCUT2D eigenvalue weighted by molar-refractivity contribution is 5.76. The minimum Gasteiger partial charge on any atom is -0.493 e. The van der Waals surface area contributed by atoms with Gasteiger partial charge >= 0.3 is 0 Å². The van der Waals surface area contributed by atoms with E-state index in [0.29, 0.717) is 48.5 Å². The number of hydrogen-bond donors (Lipinski definition) is 0. The first-order valence-electron chi connectivity index (χ1n) is 9.74. The Morgan fingerprint density at radius 1 is 1.18 bits per heavy atom. The van der Waals surface area contributed by atoms with Gasteiger partial charge < -0.3 is 18.9 Å². The van der Waals surface area contributed by atoms with Gasteiger partial charge in [0.25, 0.3) is 0 Å². The van der Waals surface area contributed by atoms with Crippen LogP contribution in [0.4, 0.5) is 0 Å². The molecule has 1 aromatic heterocycles. The number of amides is 1. The Balaban J connectivity index is 2.10. The summed E-state index contributed by atoms with van der Waals surface area (Å²) < 4.78 is 16.0. The van der Waals surface area contributed by atoms with E-state index in [1.807, 2.05) is 17.0 Å². The summed E-state index contributed by atoms with van der Waals surface area (Å²) in [5, 5.41) is 4.07. The van der Waals surface area contributed by atoms with Crippen LogP contribution in [0.25, 0.3) is 11.4 Å². The first kappa shape index (κ1) is 21.7. The summed E-state index contributed by atoms with van der Waals surface area (Å²) in [4.78, 5) is 19.0. The van der Waals surface area contributed by atoms with Crippen LogP contribution in [0.3, 0.4) is 0 Å². The van der Waals surface area contributed by atoms with Crippen molar-refractivity contribution in [2.75, 3.05) is 20.8 Å². The lowest BCUT2D eigenvalue weighted by Crippen LogP contribution is -2.40. The Bertz CT molecular complexity index is 773. The van der Waals surface area contributed by atoms with Crippen molar-refractivity contribution in [1.82, 2.24) is 15.0 Å². The highest BCUT2D eigenvalue weighted by Gasteiger charge is 2.21. The third-order valence-corrected chi connectivity index (χ3v) is 4.70. The van der Waals surface area contributed by atoms with Crippen LogP contribution in [0.5, 0.6) is 11.5 Å². The van der Waals surface area contributed by atoms with Gasteiger partial charge in [0.2, 0.25) is 17.6 Å². The van der Waals surface area contributed by atoms with Crippen LogP contribution in [-0.2, 0) is 11.2 Å². The molecule has 2 aromatic rings. The van der Waals surface area contributed by atoms with Gasteiger partial charge in [-0.25, -0.2) is 0 Å². The SMILES string of the molecule is CCC(C)N(CCc1nc(-c2ccc(OC)c(OC)c2)no1)C(=O)CC(C)C. The average Bonchev–Trinajstić information content (AvgIpc) is 3.15. The Morgan fingerprint density at radius 2 is 1.89 bits per heavy atom. The van der Waals surface area contributed by atoms with Crippen molar-refractivity contribution in [2.24, 2.45) is 5.92 Å². The van der Waals surface area contributed by atoms with Gasteiger partial charge in [-0.3, -0.25) is 4.79 Å². The van der Waals surface area contributed by atoms with E-state index in [1.165, 1.54) is 0 Å². The maximum atomic E-state index is 12.6. The number of hydrogen-bond acceptors (Lipinski definition) is 6. The minimum absolute atomic E-state index is 0.170. The average molecular weight is 389 g/mol. The van der Waals surface area contributed by atoms with Crippen molar-refractivity contribution in [3.8, 4) is 22.9 Å². The molecule has 1 unspecified atom stereocenters. The van der Waals surface area contributed by atoms with E-state index < -0.39 is 0 Å². The van der Waals surface area contributed by atoms with Gasteiger partial charge in [0.1, 0.15) is 0 Å². The molecule has 2 rings (SSSR count). The molecule has 0 aliphatic carbocycles. The van der Waals surface area contributed by atoms with Crippen molar-refractivity contribution < 1.29 is 18.8 Å². The van der Waals surface area contributed by atoms with Crippen molar-refractivity contribution in [2.45, 2.75) is 53.0 Å². The van der Waals surface area contributed by atoms with E-state index in [1.54, 1.807) is 20.3 Å². The van der Waals surface area contributed by atoms with Crippen LogP contribution in [0, 0.1) is 5.92 Å². The normalized spacial score (nSPS) is 12.1. The second-order valence-corrected chi connectivity index (χ2v) is 7.27. The maximum Gasteiger partial charge on any atom is 0.228 e. The summed E-state index contributed by atoms with van der Waals surface area (Å²) >= 11 is 0. The molecular weight excluding hydrogens is 358 g/mol. The van der Waals surface area contributed by atoms with E-state index in [9.17, 15) is 4.79 Å². The minimum atomic E-state index is 0.170. The monoisotopic (exact) mass is 389 g/mol. The molecule has 0 spiro atoms.